The molecule has 0 bridgehead atoms. The van der Waals surface area contributed by atoms with E-state index in [0.29, 0.717) is 0 Å². The zero-order valence-corrected chi connectivity index (χ0v) is 6.15. The van der Waals surface area contributed by atoms with Crippen molar-refractivity contribution in [2.24, 2.45) is 0 Å². The third-order valence-corrected chi connectivity index (χ3v) is 1.26. The predicted octanol–water partition coefficient (Wildman–Crippen LogP) is -0.286. The van der Waals surface area contributed by atoms with Gasteiger partial charge >= 0.3 is 7.12 Å². The highest BCUT2D eigenvalue weighted by molar-refractivity contribution is 6.58. The molecule has 1 aromatic rings. The Morgan fingerprint density at radius 1 is 1.67 bits per heavy atom. The van der Waals surface area contributed by atoms with E-state index in [-0.39, 0.29) is 11.0 Å². The molecule has 0 aliphatic heterocycles. The number of hydrogen-bond acceptors (Lipinski definition) is 3. The fourth-order valence-corrected chi connectivity index (χ4v) is 0.739. The minimum Gasteiger partial charge on any atom is -0.423 e. The third-order valence-electron chi connectivity index (χ3n) is 1.26. The number of nitrogens with zero attached hydrogens (tertiary/aromatic N) is 1. The van der Waals surface area contributed by atoms with Gasteiger partial charge in [0.25, 0.3) is 0 Å². The number of rotatable bonds is 3. The summed E-state index contributed by atoms with van der Waals surface area (Å²) in [5, 5.41) is 17.9. The molecule has 0 aliphatic rings. The fraction of sp³-hybridized carbons (Fsp3) is 0.375. The molecule has 0 amide bonds. The monoisotopic (exact) mass is 172 g/mol. The zero-order chi connectivity index (χ0) is 15.1. The molecule has 0 radical (unpaired) electrons. The first-order valence-corrected chi connectivity index (χ1v) is 3.23. The maximum Gasteiger partial charge on any atom is 0.490 e. The summed E-state index contributed by atoms with van der Waals surface area (Å²) in [5.41, 5.74) is -0.526. The van der Waals surface area contributed by atoms with Gasteiger partial charge in [0.15, 0.2) is 0 Å². The number of aromatic nitrogens is 1. The molecule has 0 saturated carbocycles. The lowest BCUT2D eigenvalue weighted by atomic mass is 9.81. The Kier molecular flexibility index (Phi) is 1.23. The molecule has 0 fully saturated rings. The van der Waals surface area contributed by atoms with Gasteiger partial charge in [-0.1, -0.05) is 19.3 Å². The van der Waals surface area contributed by atoms with Gasteiger partial charge < -0.3 is 10.0 Å². The van der Waals surface area contributed by atoms with E-state index in [1.165, 1.54) is 0 Å². The normalized spacial score (nSPS) is 22.0. The molecule has 0 aliphatic carbocycles. The average Bonchev–Trinajstić information content (AvgIpc) is 2.27. The minimum atomic E-state index is -3.18. The lowest BCUT2D eigenvalue weighted by Gasteiger charge is -2.01. The first-order chi connectivity index (χ1) is 8.41. The van der Waals surface area contributed by atoms with E-state index in [1.807, 2.05) is 0 Å². The summed E-state index contributed by atoms with van der Waals surface area (Å²) < 4.78 is 51.6. The molecule has 1 rings (SSSR count). The van der Waals surface area contributed by atoms with Crippen molar-refractivity contribution in [1.82, 2.24) is 4.98 Å². The van der Waals surface area contributed by atoms with Crippen molar-refractivity contribution >= 4 is 12.6 Å². The Balaban J connectivity index is 3.31. The van der Waals surface area contributed by atoms with E-state index in [1.54, 1.807) is 0 Å². The van der Waals surface area contributed by atoms with Crippen LogP contribution in [-0.2, 0) is 6.37 Å². The molecule has 0 unspecified atom stereocenters. The quantitative estimate of drug-likeness (QED) is 0.616. The Labute approximate surface area is 82.1 Å². The van der Waals surface area contributed by atoms with E-state index in [0.717, 1.165) is 18.5 Å². The van der Waals surface area contributed by atoms with E-state index < -0.39 is 26.7 Å². The molecule has 1 heterocycles. The Morgan fingerprint density at radius 3 is 3.17 bits per heavy atom. The largest absolute Gasteiger partial charge is 0.490 e. The van der Waals surface area contributed by atoms with E-state index in [2.05, 4.69) is 4.98 Å². The van der Waals surface area contributed by atoms with Crippen LogP contribution in [0.2, 0.25) is 0 Å². The number of pyridine rings is 1. The van der Waals surface area contributed by atoms with Crippen molar-refractivity contribution < 1.29 is 19.6 Å². The first kappa shape index (κ1) is 3.48. The summed E-state index contributed by atoms with van der Waals surface area (Å²) in [4.78, 5) is 3.56. The highest BCUT2D eigenvalue weighted by Gasteiger charge is 2.10. The molecule has 64 valence electrons. The van der Waals surface area contributed by atoms with E-state index >= 15 is 0 Å². The Morgan fingerprint density at radius 2 is 2.50 bits per heavy atom. The van der Waals surface area contributed by atoms with Crippen LogP contribution < -0.4 is 5.46 Å². The second-order valence-electron chi connectivity index (χ2n) is 2.13. The van der Waals surface area contributed by atoms with E-state index in [9.17, 15) is 0 Å². The highest BCUT2D eigenvalue weighted by Crippen LogP contribution is 1.98. The molecule has 3 nitrogen and oxygen atoms in total. The van der Waals surface area contributed by atoms with Crippen LogP contribution in [0.5, 0.6) is 0 Å². The van der Waals surface area contributed by atoms with Gasteiger partial charge in [-0.15, -0.1) is 0 Å². The van der Waals surface area contributed by atoms with Gasteiger partial charge in [0.1, 0.15) is 0 Å². The van der Waals surface area contributed by atoms with E-state index in [4.69, 9.17) is 19.6 Å². The Hall–Kier alpha value is -0.865. The van der Waals surface area contributed by atoms with Crippen LogP contribution in [0.1, 0.15) is 28.4 Å². The second-order valence-corrected chi connectivity index (χ2v) is 2.13. The van der Waals surface area contributed by atoms with Crippen molar-refractivity contribution in [1.29, 1.82) is 0 Å². The molecule has 1 aromatic heterocycles. The summed E-state index contributed by atoms with van der Waals surface area (Å²) in [6, 6.07) is 0.973. The van der Waals surface area contributed by atoms with Crippen molar-refractivity contribution in [2.75, 3.05) is 0 Å². The molecule has 0 spiro atoms. The maximum atomic E-state index is 8.96. The predicted molar refractivity (Wildman–Crippen MR) is 48.1 cm³/mol. The Bertz CT molecular complexity index is 463. The topological polar surface area (TPSA) is 53.4 Å². The van der Waals surface area contributed by atoms with Crippen LogP contribution in [0.15, 0.2) is 18.5 Å². The number of aryl methyl sites for hydroxylation is 1. The minimum absolute atomic E-state index is 0.150. The highest BCUT2D eigenvalue weighted by atomic mass is 16.4. The van der Waals surface area contributed by atoms with Crippen LogP contribution in [0.25, 0.3) is 0 Å². The summed E-state index contributed by atoms with van der Waals surface area (Å²) >= 11 is 0. The van der Waals surface area contributed by atoms with Gasteiger partial charge in [-0.3, -0.25) is 4.98 Å². The van der Waals surface area contributed by atoms with Crippen LogP contribution in [0.3, 0.4) is 0 Å². The average molecular weight is 172 g/mol. The van der Waals surface area contributed by atoms with Gasteiger partial charge in [0.05, 0.1) is 0 Å². The lowest BCUT2D eigenvalue weighted by molar-refractivity contribution is 0.425. The standard InChI is InChI=1S/C8H12BNO2/c1-2-3-7-4-8(9(11)12)6-10-5-7/h4-6,11-12H,2-3H2,1H3/i1D3,2D2,3D2. The van der Waals surface area contributed by atoms with Crippen LogP contribution in [0, 0.1) is 0 Å². The van der Waals surface area contributed by atoms with Gasteiger partial charge in [0.2, 0.25) is 0 Å². The third kappa shape index (κ3) is 2.32. The molecular weight excluding hydrogens is 153 g/mol. The van der Waals surface area contributed by atoms with Gasteiger partial charge in [0, 0.05) is 27.5 Å². The molecule has 12 heavy (non-hydrogen) atoms. The molecular formula is C8H12BNO2. The lowest BCUT2D eigenvalue weighted by Crippen LogP contribution is -2.30. The summed E-state index contributed by atoms with van der Waals surface area (Å²) in [5.74, 6) is 0. The maximum absolute atomic E-state index is 8.96. The van der Waals surface area contributed by atoms with Gasteiger partial charge in [-0.25, -0.2) is 0 Å². The van der Waals surface area contributed by atoms with Crippen LogP contribution >= 0.6 is 0 Å². The van der Waals surface area contributed by atoms with Gasteiger partial charge in [-0.05, 0) is 11.9 Å². The van der Waals surface area contributed by atoms with Crippen molar-refractivity contribution in [3.63, 3.8) is 0 Å². The van der Waals surface area contributed by atoms with Crippen molar-refractivity contribution in [3.8, 4) is 0 Å². The summed E-state index contributed by atoms with van der Waals surface area (Å²) in [7, 11) is -1.90. The summed E-state index contributed by atoms with van der Waals surface area (Å²) in [6.45, 7) is -3.18. The van der Waals surface area contributed by atoms with Crippen molar-refractivity contribution in [2.45, 2.75) is 19.6 Å². The molecule has 4 heteroatoms. The zero-order valence-electron chi connectivity index (χ0n) is 13.2. The number of hydrogen-bond donors (Lipinski definition) is 2. The molecule has 2 N–H and O–H groups in total. The van der Waals surface area contributed by atoms with Crippen molar-refractivity contribution in [3.05, 3.63) is 24.0 Å². The fourth-order valence-electron chi connectivity index (χ4n) is 0.739. The van der Waals surface area contributed by atoms with Crippen LogP contribution in [-0.4, -0.2) is 22.2 Å². The smallest absolute Gasteiger partial charge is 0.423 e. The van der Waals surface area contributed by atoms with Crippen LogP contribution in [0.4, 0.5) is 0 Å². The SMILES string of the molecule is [2H]C([2H])([2H])C([2H])([2H])C([2H])([2H])c1cncc(B(O)O)c1. The summed E-state index contributed by atoms with van der Waals surface area (Å²) in [6.07, 6.45) is -4.00. The first-order valence-electron chi connectivity index (χ1n) is 6.73. The molecule has 0 atom stereocenters. The second kappa shape index (κ2) is 4.23. The molecule has 0 aromatic carbocycles. The van der Waals surface area contributed by atoms with Gasteiger partial charge in [-0.2, -0.15) is 0 Å². The molecule has 0 saturated heterocycles.